The van der Waals surface area contributed by atoms with Crippen LogP contribution in [0.25, 0.3) is 0 Å². The van der Waals surface area contributed by atoms with E-state index >= 15 is 0 Å². The summed E-state index contributed by atoms with van der Waals surface area (Å²) in [5, 5.41) is 0.114. The van der Waals surface area contributed by atoms with E-state index in [-0.39, 0.29) is 11.3 Å². The Morgan fingerprint density at radius 3 is 2.71 bits per heavy atom. The van der Waals surface area contributed by atoms with Crippen molar-refractivity contribution >= 4 is 17.5 Å². The fourth-order valence-electron chi connectivity index (χ4n) is 0.720. The number of hydrogen-bond donors (Lipinski definition) is 0. The molecule has 0 saturated heterocycles. The summed E-state index contributed by atoms with van der Waals surface area (Å²) in [5.74, 6) is 0.462. The van der Waals surface area contributed by atoms with Gasteiger partial charge in [-0.1, -0.05) is 12.7 Å². The average molecular weight is 215 g/mol. The maximum absolute atomic E-state index is 5.68. The lowest BCUT2D eigenvalue weighted by Gasteiger charge is -2.10. The fraction of sp³-hybridized carbons (Fsp3) is 0.375. The topological polar surface area (TPSA) is 51.1 Å². The summed E-state index contributed by atoms with van der Waals surface area (Å²) in [5.41, 5.74) is 0. The molecule has 0 amide bonds. The van der Waals surface area contributed by atoms with E-state index in [2.05, 4.69) is 21.5 Å². The Labute approximate surface area is 87.4 Å². The molecule has 5 nitrogen and oxygen atoms in total. The quantitative estimate of drug-likeness (QED) is 0.704. The summed E-state index contributed by atoms with van der Waals surface area (Å²) in [4.78, 5) is 13.4. The average Bonchev–Trinajstić information content (AvgIpc) is 2.14. The van der Waals surface area contributed by atoms with Gasteiger partial charge in [0.15, 0.2) is 0 Å². The Hall–Kier alpha value is -1.36. The van der Waals surface area contributed by atoms with Gasteiger partial charge in [0.2, 0.25) is 11.2 Å². The Morgan fingerprint density at radius 1 is 1.43 bits per heavy atom. The molecule has 0 atom stereocenters. The van der Waals surface area contributed by atoms with E-state index in [4.69, 9.17) is 16.3 Å². The van der Waals surface area contributed by atoms with Crippen molar-refractivity contribution in [3.8, 4) is 6.01 Å². The van der Waals surface area contributed by atoms with Gasteiger partial charge in [0.25, 0.3) is 0 Å². The van der Waals surface area contributed by atoms with Crippen molar-refractivity contribution in [1.82, 2.24) is 15.0 Å². The largest absolute Gasteiger partial charge is 0.459 e. The van der Waals surface area contributed by atoms with Gasteiger partial charge in [-0.15, -0.1) is 0 Å². The zero-order chi connectivity index (χ0) is 10.6. The van der Waals surface area contributed by atoms with Crippen LogP contribution in [0.3, 0.4) is 0 Å². The number of ether oxygens (including phenoxy) is 1. The van der Waals surface area contributed by atoms with Crippen LogP contribution in [0.5, 0.6) is 6.01 Å². The molecule has 0 radical (unpaired) electrons. The Bertz CT molecular complexity index is 329. The van der Waals surface area contributed by atoms with E-state index < -0.39 is 0 Å². The number of hydrogen-bond acceptors (Lipinski definition) is 5. The summed E-state index contributed by atoms with van der Waals surface area (Å²) in [6, 6.07) is 0.202. The van der Waals surface area contributed by atoms with Crippen molar-refractivity contribution in [3.05, 3.63) is 17.9 Å². The molecule has 0 saturated carbocycles. The molecule has 1 heterocycles. The van der Waals surface area contributed by atoms with Gasteiger partial charge in [-0.2, -0.15) is 15.0 Å². The fourth-order valence-corrected chi connectivity index (χ4v) is 0.868. The van der Waals surface area contributed by atoms with E-state index in [1.54, 1.807) is 11.0 Å². The van der Waals surface area contributed by atoms with Crippen molar-refractivity contribution in [3.63, 3.8) is 0 Å². The maximum atomic E-state index is 5.68. The minimum Gasteiger partial charge on any atom is -0.459 e. The van der Waals surface area contributed by atoms with E-state index in [9.17, 15) is 0 Å². The van der Waals surface area contributed by atoms with Crippen molar-refractivity contribution in [1.29, 1.82) is 0 Å². The molecule has 0 aliphatic heterocycles. The smallest absolute Gasteiger partial charge is 0.322 e. The first-order valence-electron chi connectivity index (χ1n) is 3.96. The maximum Gasteiger partial charge on any atom is 0.322 e. The van der Waals surface area contributed by atoms with E-state index in [0.717, 1.165) is 0 Å². The summed E-state index contributed by atoms with van der Waals surface area (Å²) < 4.78 is 5.14. The van der Waals surface area contributed by atoms with Gasteiger partial charge in [0, 0.05) is 14.1 Å². The van der Waals surface area contributed by atoms with E-state index in [1.165, 1.54) is 0 Å². The van der Waals surface area contributed by atoms with Gasteiger partial charge >= 0.3 is 6.01 Å². The lowest BCUT2D eigenvalue weighted by molar-refractivity contribution is 0.332. The molecule has 1 aromatic rings. The first-order chi connectivity index (χ1) is 6.63. The normalized spacial score (nSPS) is 9.64. The number of rotatable bonds is 4. The van der Waals surface area contributed by atoms with Gasteiger partial charge in [-0.25, -0.2) is 0 Å². The second-order valence-electron chi connectivity index (χ2n) is 2.68. The van der Waals surface area contributed by atoms with Crippen molar-refractivity contribution < 1.29 is 4.74 Å². The molecule has 1 rings (SSSR count). The number of aromatic nitrogens is 3. The third kappa shape index (κ3) is 2.85. The molecule has 0 aliphatic carbocycles. The highest BCUT2D eigenvalue weighted by molar-refractivity contribution is 6.28. The van der Waals surface area contributed by atoms with Crippen LogP contribution in [0.1, 0.15) is 0 Å². The second-order valence-corrected chi connectivity index (χ2v) is 3.02. The molecular weight excluding hydrogens is 204 g/mol. The SMILES string of the molecule is C=CCOc1nc(Cl)nc(N(C)C)n1. The molecule has 0 aromatic carbocycles. The Morgan fingerprint density at radius 2 is 2.14 bits per heavy atom. The zero-order valence-corrected chi connectivity index (χ0v) is 8.82. The first-order valence-corrected chi connectivity index (χ1v) is 4.34. The Kier molecular flexibility index (Phi) is 3.64. The van der Waals surface area contributed by atoms with Gasteiger partial charge in [0.05, 0.1) is 0 Å². The van der Waals surface area contributed by atoms with Crippen LogP contribution in [0.2, 0.25) is 5.28 Å². The van der Waals surface area contributed by atoms with Gasteiger partial charge < -0.3 is 9.64 Å². The van der Waals surface area contributed by atoms with E-state index in [1.807, 2.05) is 14.1 Å². The van der Waals surface area contributed by atoms with Gasteiger partial charge in [-0.05, 0) is 11.6 Å². The summed E-state index contributed by atoms with van der Waals surface area (Å²) in [6.45, 7) is 3.86. The standard InChI is InChI=1S/C8H11ClN4O/c1-4-5-14-8-11-6(9)10-7(12-8)13(2)3/h4H,1,5H2,2-3H3. The molecule has 0 fully saturated rings. The summed E-state index contributed by atoms with van der Waals surface area (Å²) in [7, 11) is 3.62. The Balaban J connectivity index is 2.89. The molecule has 1 aromatic heterocycles. The number of anilines is 1. The second kappa shape index (κ2) is 4.76. The summed E-state index contributed by atoms with van der Waals surface area (Å²) in [6.07, 6.45) is 1.60. The zero-order valence-electron chi connectivity index (χ0n) is 8.07. The van der Waals surface area contributed by atoms with Crippen LogP contribution in [-0.4, -0.2) is 35.7 Å². The summed E-state index contributed by atoms with van der Waals surface area (Å²) >= 11 is 5.68. The number of nitrogens with zero attached hydrogens (tertiary/aromatic N) is 4. The van der Waals surface area contributed by atoms with Crippen LogP contribution in [0.15, 0.2) is 12.7 Å². The lowest BCUT2D eigenvalue weighted by Crippen LogP contribution is -2.14. The van der Waals surface area contributed by atoms with Gasteiger partial charge in [0.1, 0.15) is 6.61 Å². The van der Waals surface area contributed by atoms with Crippen LogP contribution < -0.4 is 9.64 Å². The lowest BCUT2D eigenvalue weighted by atomic mass is 10.7. The molecule has 0 bridgehead atoms. The highest BCUT2D eigenvalue weighted by Gasteiger charge is 2.06. The van der Waals surface area contributed by atoms with Crippen molar-refractivity contribution in [2.45, 2.75) is 0 Å². The van der Waals surface area contributed by atoms with Crippen molar-refractivity contribution in [2.24, 2.45) is 0 Å². The number of halogens is 1. The highest BCUT2D eigenvalue weighted by atomic mass is 35.5. The third-order valence-corrected chi connectivity index (χ3v) is 1.48. The molecular formula is C8H11ClN4O. The molecule has 0 aliphatic rings. The molecule has 0 N–H and O–H groups in total. The molecule has 6 heteroatoms. The van der Waals surface area contributed by atoms with Crippen molar-refractivity contribution in [2.75, 3.05) is 25.6 Å². The molecule has 76 valence electrons. The van der Waals surface area contributed by atoms with Crippen LogP contribution in [0, 0.1) is 0 Å². The molecule has 0 spiro atoms. The monoisotopic (exact) mass is 214 g/mol. The minimum absolute atomic E-state index is 0.114. The third-order valence-electron chi connectivity index (χ3n) is 1.31. The van der Waals surface area contributed by atoms with Crippen LogP contribution in [0.4, 0.5) is 5.95 Å². The van der Waals surface area contributed by atoms with E-state index in [0.29, 0.717) is 12.6 Å². The molecule has 14 heavy (non-hydrogen) atoms. The highest BCUT2D eigenvalue weighted by Crippen LogP contribution is 2.12. The first kappa shape index (κ1) is 10.7. The predicted octanol–water partition coefficient (Wildman–Crippen LogP) is 1.16. The van der Waals surface area contributed by atoms with Crippen LogP contribution >= 0.6 is 11.6 Å². The predicted molar refractivity (Wildman–Crippen MR) is 54.9 cm³/mol. The molecule has 0 unspecified atom stereocenters. The minimum atomic E-state index is 0.114. The van der Waals surface area contributed by atoms with Gasteiger partial charge in [-0.3, -0.25) is 0 Å². The van der Waals surface area contributed by atoms with Crippen LogP contribution in [-0.2, 0) is 0 Å².